The minimum atomic E-state index is -0.837. The molecule has 0 heterocycles. The second-order valence-electron chi connectivity index (χ2n) is 3.74. The number of rotatable bonds is 3. The third kappa shape index (κ3) is 3.46. The monoisotopic (exact) mass is 224 g/mol. The first kappa shape index (κ1) is 12.4. The maximum atomic E-state index is 11.4. The highest BCUT2D eigenvalue weighted by atomic mass is 16.4. The number of carboxylic acid groups (broad SMARTS) is 1. The predicted octanol–water partition coefficient (Wildman–Crippen LogP) is 0.562. The van der Waals surface area contributed by atoms with Crippen molar-refractivity contribution in [3.8, 4) is 11.8 Å². The van der Waals surface area contributed by atoms with Crippen LogP contribution in [0.5, 0.6) is 0 Å². The van der Waals surface area contributed by atoms with Crippen LogP contribution in [-0.2, 0) is 4.79 Å². The van der Waals surface area contributed by atoms with Crippen LogP contribution in [0.25, 0.3) is 0 Å². The Morgan fingerprint density at radius 2 is 2.19 bits per heavy atom. The lowest BCUT2D eigenvalue weighted by atomic mass is 10.0. The SMILES string of the molecule is CC#CCNC(=O)NC1CCCC1C(=O)O. The Hall–Kier alpha value is -1.70. The number of urea groups is 1. The van der Waals surface area contributed by atoms with E-state index in [0.29, 0.717) is 6.42 Å². The van der Waals surface area contributed by atoms with Gasteiger partial charge in [-0.25, -0.2) is 4.79 Å². The van der Waals surface area contributed by atoms with Crippen LogP contribution in [0.4, 0.5) is 4.79 Å². The van der Waals surface area contributed by atoms with Crippen LogP contribution in [0, 0.1) is 17.8 Å². The third-order valence-corrected chi connectivity index (χ3v) is 2.66. The van der Waals surface area contributed by atoms with E-state index in [9.17, 15) is 9.59 Å². The predicted molar refractivity (Wildman–Crippen MR) is 58.7 cm³/mol. The zero-order valence-corrected chi connectivity index (χ0v) is 9.25. The van der Waals surface area contributed by atoms with Crippen molar-refractivity contribution < 1.29 is 14.7 Å². The van der Waals surface area contributed by atoms with Gasteiger partial charge in [0.1, 0.15) is 0 Å². The van der Waals surface area contributed by atoms with Gasteiger partial charge in [-0.05, 0) is 19.8 Å². The molecule has 2 amide bonds. The molecule has 0 aromatic rings. The average Bonchev–Trinajstić information content (AvgIpc) is 2.66. The molecule has 2 atom stereocenters. The van der Waals surface area contributed by atoms with Crippen molar-refractivity contribution in [2.45, 2.75) is 32.2 Å². The first-order valence-electron chi connectivity index (χ1n) is 5.32. The molecule has 1 aliphatic rings. The summed E-state index contributed by atoms with van der Waals surface area (Å²) in [5.74, 6) is 4.06. The molecule has 0 aliphatic heterocycles. The number of carbonyl (C=O) groups is 2. The molecule has 1 rings (SSSR count). The zero-order chi connectivity index (χ0) is 12.0. The smallest absolute Gasteiger partial charge is 0.315 e. The number of amides is 2. The molecule has 0 spiro atoms. The summed E-state index contributed by atoms with van der Waals surface area (Å²) in [4.78, 5) is 22.2. The topological polar surface area (TPSA) is 78.4 Å². The summed E-state index contributed by atoms with van der Waals surface area (Å²) >= 11 is 0. The van der Waals surface area contributed by atoms with E-state index in [0.717, 1.165) is 12.8 Å². The Morgan fingerprint density at radius 3 is 2.81 bits per heavy atom. The van der Waals surface area contributed by atoms with Gasteiger partial charge in [-0.2, -0.15) is 0 Å². The van der Waals surface area contributed by atoms with E-state index < -0.39 is 11.9 Å². The third-order valence-electron chi connectivity index (χ3n) is 2.66. The van der Waals surface area contributed by atoms with Crippen molar-refractivity contribution >= 4 is 12.0 Å². The summed E-state index contributed by atoms with van der Waals surface area (Å²) in [5.41, 5.74) is 0. The quantitative estimate of drug-likeness (QED) is 0.613. The van der Waals surface area contributed by atoms with E-state index in [2.05, 4.69) is 22.5 Å². The van der Waals surface area contributed by atoms with Gasteiger partial charge in [-0.3, -0.25) is 4.79 Å². The highest BCUT2D eigenvalue weighted by molar-refractivity contribution is 5.77. The molecule has 5 heteroatoms. The van der Waals surface area contributed by atoms with Crippen LogP contribution in [0.2, 0.25) is 0 Å². The van der Waals surface area contributed by atoms with E-state index in [1.54, 1.807) is 6.92 Å². The lowest BCUT2D eigenvalue weighted by molar-refractivity contribution is -0.142. The van der Waals surface area contributed by atoms with Crippen molar-refractivity contribution in [1.29, 1.82) is 0 Å². The standard InChI is InChI=1S/C11H16N2O3/c1-2-3-7-12-11(16)13-9-6-4-5-8(9)10(14)15/h8-9H,4-7H2,1H3,(H,14,15)(H2,12,13,16). The van der Waals surface area contributed by atoms with Gasteiger partial charge in [-0.15, -0.1) is 5.92 Å². The van der Waals surface area contributed by atoms with Gasteiger partial charge in [-0.1, -0.05) is 12.3 Å². The molecule has 16 heavy (non-hydrogen) atoms. The fourth-order valence-electron chi connectivity index (χ4n) is 1.86. The molecular weight excluding hydrogens is 208 g/mol. The van der Waals surface area contributed by atoms with Crippen LogP contribution in [0.1, 0.15) is 26.2 Å². The summed E-state index contributed by atoms with van der Waals surface area (Å²) in [6.07, 6.45) is 2.20. The van der Waals surface area contributed by atoms with Gasteiger partial charge >= 0.3 is 12.0 Å². The van der Waals surface area contributed by atoms with Crippen LogP contribution < -0.4 is 10.6 Å². The first-order valence-corrected chi connectivity index (χ1v) is 5.32. The van der Waals surface area contributed by atoms with E-state index in [-0.39, 0.29) is 18.6 Å². The Bertz CT molecular complexity index is 330. The second kappa shape index (κ2) is 6.01. The lowest BCUT2D eigenvalue weighted by Crippen LogP contribution is -2.45. The molecule has 2 unspecified atom stereocenters. The van der Waals surface area contributed by atoms with Crippen molar-refractivity contribution in [3.63, 3.8) is 0 Å². The molecule has 0 radical (unpaired) electrons. The number of carboxylic acids is 1. The highest BCUT2D eigenvalue weighted by Gasteiger charge is 2.33. The minimum absolute atomic E-state index is 0.257. The Kier molecular flexibility index (Phi) is 4.65. The Labute approximate surface area is 94.6 Å². The normalized spacial score (nSPS) is 23.1. The van der Waals surface area contributed by atoms with Gasteiger partial charge in [0.05, 0.1) is 12.5 Å². The number of aliphatic carboxylic acids is 1. The van der Waals surface area contributed by atoms with Gasteiger partial charge in [0.2, 0.25) is 0 Å². The maximum absolute atomic E-state index is 11.4. The van der Waals surface area contributed by atoms with Crippen LogP contribution in [-0.4, -0.2) is 29.7 Å². The molecular formula is C11H16N2O3. The molecule has 0 saturated heterocycles. The molecule has 0 aromatic carbocycles. The van der Waals surface area contributed by atoms with Crippen molar-refractivity contribution in [3.05, 3.63) is 0 Å². The Morgan fingerprint density at radius 1 is 1.44 bits per heavy atom. The maximum Gasteiger partial charge on any atom is 0.315 e. The van der Waals surface area contributed by atoms with Crippen LogP contribution in [0.3, 0.4) is 0 Å². The Balaban J connectivity index is 2.37. The first-order chi connectivity index (χ1) is 7.65. The number of nitrogens with one attached hydrogen (secondary N) is 2. The largest absolute Gasteiger partial charge is 0.481 e. The molecule has 88 valence electrons. The lowest BCUT2D eigenvalue weighted by Gasteiger charge is -2.17. The summed E-state index contributed by atoms with van der Waals surface area (Å²) in [7, 11) is 0. The minimum Gasteiger partial charge on any atom is -0.481 e. The van der Waals surface area contributed by atoms with E-state index in [1.807, 2.05) is 0 Å². The molecule has 1 aliphatic carbocycles. The number of hydrogen-bond donors (Lipinski definition) is 3. The van der Waals surface area contributed by atoms with Crippen LogP contribution in [0.15, 0.2) is 0 Å². The van der Waals surface area contributed by atoms with Crippen molar-refractivity contribution in [2.75, 3.05) is 6.54 Å². The average molecular weight is 224 g/mol. The van der Waals surface area contributed by atoms with Gasteiger partial charge in [0.15, 0.2) is 0 Å². The van der Waals surface area contributed by atoms with E-state index in [1.165, 1.54) is 0 Å². The van der Waals surface area contributed by atoms with Gasteiger partial charge in [0, 0.05) is 6.04 Å². The van der Waals surface area contributed by atoms with Gasteiger partial charge in [0.25, 0.3) is 0 Å². The van der Waals surface area contributed by atoms with E-state index in [4.69, 9.17) is 5.11 Å². The van der Waals surface area contributed by atoms with Crippen molar-refractivity contribution in [2.24, 2.45) is 5.92 Å². The van der Waals surface area contributed by atoms with Crippen molar-refractivity contribution in [1.82, 2.24) is 10.6 Å². The highest BCUT2D eigenvalue weighted by Crippen LogP contribution is 2.25. The molecule has 3 N–H and O–H groups in total. The van der Waals surface area contributed by atoms with E-state index >= 15 is 0 Å². The molecule has 0 bridgehead atoms. The molecule has 0 aromatic heterocycles. The fraction of sp³-hybridized carbons (Fsp3) is 0.636. The second-order valence-corrected chi connectivity index (χ2v) is 3.74. The molecule has 5 nitrogen and oxygen atoms in total. The number of carbonyl (C=O) groups excluding carboxylic acids is 1. The summed E-state index contributed by atoms with van der Waals surface area (Å²) < 4.78 is 0. The molecule has 1 fully saturated rings. The zero-order valence-electron chi connectivity index (χ0n) is 9.25. The van der Waals surface area contributed by atoms with Crippen LogP contribution >= 0.6 is 0 Å². The molecule has 1 saturated carbocycles. The summed E-state index contributed by atoms with van der Waals surface area (Å²) in [5, 5.41) is 14.1. The number of hydrogen-bond acceptors (Lipinski definition) is 2. The fourth-order valence-corrected chi connectivity index (χ4v) is 1.86. The summed E-state index contributed by atoms with van der Waals surface area (Å²) in [6.45, 7) is 1.98. The van der Waals surface area contributed by atoms with Gasteiger partial charge < -0.3 is 15.7 Å². The summed E-state index contributed by atoms with van der Waals surface area (Å²) in [6, 6.07) is -0.604.